The zero-order valence-corrected chi connectivity index (χ0v) is 12.1. The van der Waals surface area contributed by atoms with Gasteiger partial charge in [-0.3, -0.25) is 4.79 Å². The van der Waals surface area contributed by atoms with Crippen molar-refractivity contribution in [1.29, 1.82) is 0 Å². The third-order valence-electron chi connectivity index (χ3n) is 3.79. The predicted octanol–water partition coefficient (Wildman–Crippen LogP) is 3.04. The summed E-state index contributed by atoms with van der Waals surface area (Å²) in [7, 11) is 0. The lowest BCUT2D eigenvalue weighted by Crippen LogP contribution is -2.22. The lowest BCUT2D eigenvalue weighted by molar-refractivity contribution is -0.120. The first kappa shape index (κ1) is 15.5. The Morgan fingerprint density at radius 3 is 2.62 bits per heavy atom. The van der Waals surface area contributed by atoms with Crippen LogP contribution in [0.1, 0.15) is 44.1 Å². The molecule has 0 spiro atoms. The number of nitrogens with one attached hydrogen (secondary N) is 1. The van der Waals surface area contributed by atoms with Crippen molar-refractivity contribution >= 4 is 11.6 Å². The van der Waals surface area contributed by atoms with Gasteiger partial charge in [0.25, 0.3) is 0 Å². The van der Waals surface area contributed by atoms with Crippen LogP contribution in [-0.2, 0) is 4.79 Å². The van der Waals surface area contributed by atoms with Crippen LogP contribution in [-0.4, -0.2) is 12.5 Å². The first-order valence-corrected chi connectivity index (χ1v) is 7.50. The van der Waals surface area contributed by atoms with E-state index in [2.05, 4.69) is 17.2 Å². The van der Waals surface area contributed by atoms with Crippen molar-refractivity contribution in [1.82, 2.24) is 0 Å². The van der Waals surface area contributed by atoms with Crippen LogP contribution in [0.4, 0.5) is 10.1 Å². The number of carbonyl (C=O) groups is 1. The Kier molecular flexibility index (Phi) is 5.77. The Morgan fingerprint density at radius 2 is 2.00 bits per heavy atom. The van der Waals surface area contributed by atoms with Gasteiger partial charge in [0.15, 0.2) is 0 Å². The molecule has 1 fully saturated rings. The molecule has 1 aromatic rings. The molecule has 1 aliphatic carbocycles. The lowest BCUT2D eigenvalue weighted by Gasteiger charge is -2.14. The van der Waals surface area contributed by atoms with Crippen LogP contribution in [0.15, 0.2) is 18.2 Å². The molecule has 112 valence electrons. The SMILES string of the molecule is NCC#Cc1ccc(NC(=O)C2CCCCCC2)cc1F. The molecule has 0 aromatic heterocycles. The fourth-order valence-electron chi connectivity index (χ4n) is 2.63. The Labute approximate surface area is 125 Å². The summed E-state index contributed by atoms with van der Waals surface area (Å²) < 4.78 is 13.8. The van der Waals surface area contributed by atoms with E-state index in [9.17, 15) is 9.18 Å². The standard InChI is InChI=1S/C17H21FN2O/c18-16-12-15(10-9-13(16)8-5-11-19)20-17(21)14-6-3-1-2-4-7-14/h9-10,12,14H,1-4,6-7,11,19H2,(H,20,21). The molecule has 3 nitrogen and oxygen atoms in total. The maximum Gasteiger partial charge on any atom is 0.227 e. The molecular formula is C17H21FN2O. The van der Waals surface area contributed by atoms with Crippen LogP contribution in [0.25, 0.3) is 0 Å². The van der Waals surface area contributed by atoms with Crippen LogP contribution >= 0.6 is 0 Å². The average molecular weight is 288 g/mol. The van der Waals surface area contributed by atoms with Crippen molar-refractivity contribution in [2.45, 2.75) is 38.5 Å². The van der Waals surface area contributed by atoms with E-state index >= 15 is 0 Å². The first-order chi connectivity index (χ1) is 10.2. The molecule has 0 atom stereocenters. The largest absolute Gasteiger partial charge is 0.326 e. The smallest absolute Gasteiger partial charge is 0.227 e. The van der Waals surface area contributed by atoms with Gasteiger partial charge in [-0.1, -0.05) is 37.5 Å². The van der Waals surface area contributed by atoms with Gasteiger partial charge in [0.2, 0.25) is 5.91 Å². The topological polar surface area (TPSA) is 55.1 Å². The summed E-state index contributed by atoms with van der Waals surface area (Å²) in [6, 6.07) is 4.56. The molecule has 0 aliphatic heterocycles. The molecule has 0 radical (unpaired) electrons. The Hall–Kier alpha value is -1.86. The van der Waals surface area contributed by atoms with Crippen LogP contribution < -0.4 is 11.1 Å². The number of hydrogen-bond acceptors (Lipinski definition) is 2. The van der Waals surface area contributed by atoms with Crippen molar-refractivity contribution in [2.24, 2.45) is 11.7 Å². The van der Waals surface area contributed by atoms with Crippen LogP contribution in [0.3, 0.4) is 0 Å². The number of hydrogen-bond donors (Lipinski definition) is 2. The molecule has 3 N–H and O–H groups in total. The lowest BCUT2D eigenvalue weighted by atomic mass is 9.99. The second-order valence-electron chi connectivity index (χ2n) is 5.38. The third kappa shape index (κ3) is 4.57. The van der Waals surface area contributed by atoms with Crippen molar-refractivity contribution in [3.05, 3.63) is 29.6 Å². The van der Waals surface area contributed by atoms with Gasteiger partial charge in [0.05, 0.1) is 12.1 Å². The van der Waals surface area contributed by atoms with E-state index in [0.29, 0.717) is 11.3 Å². The molecule has 0 heterocycles. The quantitative estimate of drug-likeness (QED) is 0.649. The van der Waals surface area contributed by atoms with Gasteiger partial charge in [-0.05, 0) is 31.0 Å². The molecule has 0 bridgehead atoms. The predicted molar refractivity (Wildman–Crippen MR) is 82.2 cm³/mol. The number of halogens is 1. The highest BCUT2D eigenvalue weighted by atomic mass is 19.1. The monoisotopic (exact) mass is 288 g/mol. The Morgan fingerprint density at radius 1 is 1.29 bits per heavy atom. The van der Waals surface area contributed by atoms with E-state index in [1.165, 1.54) is 18.9 Å². The first-order valence-electron chi connectivity index (χ1n) is 7.50. The molecule has 0 unspecified atom stereocenters. The number of anilines is 1. The van der Waals surface area contributed by atoms with Gasteiger partial charge in [-0.25, -0.2) is 4.39 Å². The minimum absolute atomic E-state index is 0.00269. The fraction of sp³-hybridized carbons (Fsp3) is 0.471. The van der Waals surface area contributed by atoms with E-state index < -0.39 is 5.82 Å². The highest BCUT2D eigenvalue weighted by Crippen LogP contribution is 2.24. The van der Waals surface area contributed by atoms with Crippen molar-refractivity contribution in [3.8, 4) is 11.8 Å². The van der Waals surface area contributed by atoms with Gasteiger partial charge in [0.1, 0.15) is 5.82 Å². The zero-order valence-electron chi connectivity index (χ0n) is 12.1. The van der Waals surface area contributed by atoms with Crippen molar-refractivity contribution in [3.63, 3.8) is 0 Å². The number of amides is 1. The van der Waals surface area contributed by atoms with Crippen molar-refractivity contribution in [2.75, 3.05) is 11.9 Å². The van der Waals surface area contributed by atoms with E-state index in [0.717, 1.165) is 25.7 Å². The van der Waals surface area contributed by atoms with Gasteiger partial charge in [-0.15, -0.1) is 0 Å². The van der Waals surface area contributed by atoms with Gasteiger partial charge in [0, 0.05) is 11.6 Å². The molecule has 2 rings (SSSR count). The summed E-state index contributed by atoms with van der Waals surface area (Å²) in [4.78, 5) is 12.2. The summed E-state index contributed by atoms with van der Waals surface area (Å²) in [5.41, 5.74) is 6.05. The second kappa shape index (κ2) is 7.80. The molecule has 1 aliphatic rings. The highest BCUT2D eigenvalue weighted by Gasteiger charge is 2.20. The van der Waals surface area contributed by atoms with Gasteiger partial charge in [-0.2, -0.15) is 0 Å². The molecule has 1 aromatic carbocycles. The van der Waals surface area contributed by atoms with Crippen LogP contribution in [0.5, 0.6) is 0 Å². The molecule has 1 saturated carbocycles. The summed E-state index contributed by atoms with van der Waals surface area (Å²) in [6.07, 6.45) is 6.45. The van der Waals surface area contributed by atoms with E-state index in [-0.39, 0.29) is 18.4 Å². The third-order valence-corrected chi connectivity index (χ3v) is 3.79. The molecule has 21 heavy (non-hydrogen) atoms. The highest BCUT2D eigenvalue weighted by molar-refractivity contribution is 5.92. The molecule has 1 amide bonds. The summed E-state index contributed by atoms with van der Waals surface area (Å²) >= 11 is 0. The summed E-state index contributed by atoms with van der Waals surface area (Å²) in [5, 5.41) is 2.81. The van der Waals surface area contributed by atoms with Gasteiger partial charge < -0.3 is 11.1 Å². The second-order valence-corrected chi connectivity index (χ2v) is 5.38. The molecule has 0 saturated heterocycles. The number of carbonyl (C=O) groups excluding carboxylic acids is 1. The minimum atomic E-state index is -0.436. The van der Waals surface area contributed by atoms with Gasteiger partial charge >= 0.3 is 0 Å². The zero-order chi connectivity index (χ0) is 15.1. The van der Waals surface area contributed by atoms with E-state index in [1.54, 1.807) is 12.1 Å². The average Bonchev–Trinajstić information content (AvgIpc) is 2.75. The summed E-state index contributed by atoms with van der Waals surface area (Å²) in [6.45, 7) is 0.194. The maximum absolute atomic E-state index is 13.8. The van der Waals surface area contributed by atoms with Crippen LogP contribution in [0, 0.1) is 23.6 Å². The molecular weight excluding hydrogens is 267 g/mol. The minimum Gasteiger partial charge on any atom is -0.326 e. The number of rotatable bonds is 2. The Balaban J connectivity index is 2.02. The van der Waals surface area contributed by atoms with E-state index in [1.807, 2.05) is 0 Å². The maximum atomic E-state index is 13.8. The van der Waals surface area contributed by atoms with E-state index in [4.69, 9.17) is 5.73 Å². The number of benzene rings is 1. The van der Waals surface area contributed by atoms with Crippen molar-refractivity contribution < 1.29 is 9.18 Å². The fourth-order valence-corrected chi connectivity index (χ4v) is 2.63. The Bertz CT molecular complexity index is 552. The molecule has 4 heteroatoms. The van der Waals surface area contributed by atoms with Crippen LogP contribution in [0.2, 0.25) is 0 Å². The normalized spacial score (nSPS) is 15.7. The summed E-state index contributed by atoms with van der Waals surface area (Å²) in [5.74, 6) is 4.89. The number of nitrogens with two attached hydrogens (primary N) is 1.